The minimum absolute atomic E-state index is 0.144. The molecule has 1 aromatic carbocycles. The summed E-state index contributed by atoms with van der Waals surface area (Å²) in [7, 11) is 0. The third kappa shape index (κ3) is 5.75. The summed E-state index contributed by atoms with van der Waals surface area (Å²) in [5, 5.41) is 3.05. The molecule has 1 aromatic heterocycles. The van der Waals surface area contributed by atoms with Crippen LogP contribution in [0.1, 0.15) is 43.5 Å². The van der Waals surface area contributed by atoms with Crippen LogP contribution in [0.5, 0.6) is 11.5 Å². The molecule has 0 bridgehead atoms. The number of fused-ring (bicyclic) bond motifs is 1. The Bertz CT molecular complexity index is 1170. The summed E-state index contributed by atoms with van der Waals surface area (Å²) >= 11 is 0. The topological polar surface area (TPSA) is 85.0 Å². The predicted molar refractivity (Wildman–Crippen MR) is 138 cm³/mol. The Morgan fingerprint density at radius 3 is 2.89 bits per heavy atom. The Morgan fingerprint density at radius 2 is 2.14 bits per heavy atom. The summed E-state index contributed by atoms with van der Waals surface area (Å²) in [6, 6.07) is 4.94. The molecule has 2 aliphatic heterocycles. The number of rotatable bonds is 7. The quantitative estimate of drug-likeness (QED) is 0.435. The zero-order valence-corrected chi connectivity index (χ0v) is 20.9. The third-order valence-corrected chi connectivity index (χ3v) is 6.04. The van der Waals surface area contributed by atoms with Gasteiger partial charge >= 0.3 is 0 Å². The number of dihydropyridines is 1. The zero-order valence-electron chi connectivity index (χ0n) is 20.9. The largest absolute Gasteiger partial charge is 0.489 e. The van der Waals surface area contributed by atoms with Crippen LogP contribution in [0.15, 0.2) is 47.3 Å². The first kappa shape index (κ1) is 24.6. The number of aliphatic imine (C=N–C) groups is 1. The van der Waals surface area contributed by atoms with Crippen LogP contribution in [0, 0.1) is 25.6 Å². The second-order valence-corrected chi connectivity index (χ2v) is 9.21. The SMILES string of the molecule is CCCCN1CC(C)COc2cc(C)c(C(N)=Nc3cc(C)c(OC4=CCNC=C4)cc3F)nc21. The van der Waals surface area contributed by atoms with Gasteiger partial charge in [0.1, 0.15) is 22.9 Å². The molecule has 0 spiro atoms. The second-order valence-electron chi connectivity index (χ2n) is 9.21. The Morgan fingerprint density at radius 1 is 1.31 bits per heavy atom. The van der Waals surface area contributed by atoms with Crippen LogP contribution in [0.2, 0.25) is 0 Å². The van der Waals surface area contributed by atoms with E-state index in [1.165, 1.54) is 6.07 Å². The van der Waals surface area contributed by atoms with E-state index in [4.69, 9.17) is 20.2 Å². The van der Waals surface area contributed by atoms with Crippen LogP contribution in [0.3, 0.4) is 0 Å². The highest BCUT2D eigenvalue weighted by Gasteiger charge is 2.24. The molecular weight excluding hydrogens is 445 g/mol. The predicted octanol–water partition coefficient (Wildman–Crippen LogP) is 4.89. The average Bonchev–Trinajstić information content (AvgIpc) is 2.99. The second kappa shape index (κ2) is 10.8. The van der Waals surface area contributed by atoms with Crippen molar-refractivity contribution in [3.05, 3.63) is 64.9 Å². The number of benzene rings is 1. The van der Waals surface area contributed by atoms with Gasteiger partial charge in [0.25, 0.3) is 0 Å². The van der Waals surface area contributed by atoms with Crippen LogP contribution in [0.4, 0.5) is 15.9 Å². The average molecular weight is 480 g/mol. The molecule has 0 saturated carbocycles. The van der Waals surface area contributed by atoms with E-state index >= 15 is 0 Å². The maximum atomic E-state index is 15.0. The highest BCUT2D eigenvalue weighted by atomic mass is 19.1. The van der Waals surface area contributed by atoms with Crippen molar-refractivity contribution in [3.8, 4) is 11.5 Å². The summed E-state index contributed by atoms with van der Waals surface area (Å²) in [5.74, 6) is 2.65. The van der Waals surface area contributed by atoms with Gasteiger partial charge in [-0.15, -0.1) is 0 Å². The smallest absolute Gasteiger partial charge is 0.172 e. The van der Waals surface area contributed by atoms with Crippen molar-refractivity contribution in [1.82, 2.24) is 10.3 Å². The monoisotopic (exact) mass is 479 g/mol. The minimum Gasteiger partial charge on any atom is -0.489 e. The Kier molecular flexibility index (Phi) is 7.58. The van der Waals surface area contributed by atoms with Gasteiger partial charge in [0.2, 0.25) is 0 Å². The van der Waals surface area contributed by atoms with Crippen LogP contribution in [-0.2, 0) is 0 Å². The lowest BCUT2D eigenvalue weighted by atomic mass is 10.1. The van der Waals surface area contributed by atoms with Gasteiger partial charge in [0.05, 0.1) is 6.61 Å². The number of hydrogen-bond donors (Lipinski definition) is 2. The first-order valence-electron chi connectivity index (χ1n) is 12.2. The molecule has 0 amide bonds. The van der Waals surface area contributed by atoms with Crippen molar-refractivity contribution >= 4 is 17.3 Å². The minimum atomic E-state index is -0.513. The third-order valence-electron chi connectivity index (χ3n) is 6.04. The van der Waals surface area contributed by atoms with Gasteiger partial charge in [-0.3, -0.25) is 0 Å². The molecule has 0 aliphatic carbocycles. The fraction of sp³-hybridized carbons (Fsp3) is 0.407. The molecule has 4 rings (SSSR count). The Hall–Kier alpha value is -3.55. The number of pyridine rings is 1. The van der Waals surface area contributed by atoms with Crippen molar-refractivity contribution in [1.29, 1.82) is 0 Å². The molecule has 7 nitrogen and oxygen atoms in total. The van der Waals surface area contributed by atoms with Gasteiger partial charge in [-0.25, -0.2) is 14.4 Å². The molecule has 0 saturated heterocycles. The van der Waals surface area contributed by atoms with E-state index in [1.807, 2.05) is 26.0 Å². The van der Waals surface area contributed by atoms with Crippen LogP contribution in [-0.4, -0.2) is 37.1 Å². The van der Waals surface area contributed by atoms with Crippen molar-refractivity contribution in [3.63, 3.8) is 0 Å². The number of nitrogens with one attached hydrogen (secondary N) is 1. The highest BCUT2D eigenvalue weighted by Crippen LogP contribution is 2.33. The maximum Gasteiger partial charge on any atom is 0.172 e. The molecule has 3 heterocycles. The lowest BCUT2D eigenvalue weighted by Gasteiger charge is -2.25. The van der Waals surface area contributed by atoms with Gasteiger partial charge in [-0.1, -0.05) is 20.3 Å². The normalized spacial score (nSPS) is 17.7. The summed E-state index contributed by atoms with van der Waals surface area (Å²) < 4.78 is 26.9. The van der Waals surface area contributed by atoms with E-state index < -0.39 is 5.82 Å². The van der Waals surface area contributed by atoms with E-state index in [1.54, 1.807) is 18.3 Å². The van der Waals surface area contributed by atoms with Crippen molar-refractivity contribution < 1.29 is 13.9 Å². The zero-order chi connectivity index (χ0) is 24.9. The summed E-state index contributed by atoms with van der Waals surface area (Å²) in [6.07, 6.45) is 7.63. The number of anilines is 1. The van der Waals surface area contributed by atoms with Crippen LogP contribution < -0.4 is 25.4 Å². The van der Waals surface area contributed by atoms with Crippen molar-refractivity contribution in [2.45, 2.75) is 40.5 Å². The lowest BCUT2D eigenvalue weighted by Crippen LogP contribution is -2.30. The number of hydrogen-bond acceptors (Lipinski definition) is 6. The van der Waals surface area contributed by atoms with Crippen molar-refractivity contribution in [2.75, 3.05) is 31.1 Å². The number of nitrogens with two attached hydrogens (primary N) is 1. The van der Waals surface area contributed by atoms with Gasteiger partial charge in [0.15, 0.2) is 23.2 Å². The Labute approximate surface area is 206 Å². The van der Waals surface area contributed by atoms with E-state index in [0.717, 1.165) is 48.6 Å². The van der Waals surface area contributed by atoms with E-state index in [-0.39, 0.29) is 11.5 Å². The number of halogens is 1. The highest BCUT2D eigenvalue weighted by molar-refractivity contribution is 5.99. The molecule has 1 unspecified atom stereocenters. The first-order valence-corrected chi connectivity index (χ1v) is 12.2. The Balaban J connectivity index is 1.65. The summed E-state index contributed by atoms with van der Waals surface area (Å²) in [6.45, 7) is 11.2. The lowest BCUT2D eigenvalue weighted by molar-refractivity contribution is 0.273. The summed E-state index contributed by atoms with van der Waals surface area (Å²) in [4.78, 5) is 11.5. The first-order chi connectivity index (χ1) is 16.9. The van der Waals surface area contributed by atoms with Gasteiger partial charge in [-0.2, -0.15) is 0 Å². The van der Waals surface area contributed by atoms with Gasteiger partial charge in [-0.05, 0) is 55.7 Å². The number of amidine groups is 1. The fourth-order valence-electron chi connectivity index (χ4n) is 4.13. The number of nitrogens with zero attached hydrogens (tertiary/aromatic N) is 3. The number of ether oxygens (including phenoxy) is 2. The number of aromatic nitrogens is 1. The molecule has 3 N–H and O–H groups in total. The molecule has 0 radical (unpaired) electrons. The fourth-order valence-corrected chi connectivity index (χ4v) is 4.13. The number of aryl methyl sites for hydroxylation is 2. The number of unbranched alkanes of at least 4 members (excludes halogenated alkanes) is 1. The van der Waals surface area contributed by atoms with Crippen LogP contribution >= 0.6 is 0 Å². The maximum absolute atomic E-state index is 15.0. The molecule has 2 aliphatic rings. The van der Waals surface area contributed by atoms with Crippen LogP contribution in [0.25, 0.3) is 0 Å². The van der Waals surface area contributed by atoms with E-state index in [9.17, 15) is 4.39 Å². The van der Waals surface area contributed by atoms with Crippen molar-refractivity contribution in [2.24, 2.45) is 16.6 Å². The molecule has 186 valence electrons. The molecule has 1 atom stereocenters. The molecule has 2 aromatic rings. The molecular formula is C27H34FN5O2. The van der Waals surface area contributed by atoms with E-state index in [2.05, 4.69) is 29.1 Å². The standard InChI is InChI=1S/C27H34FN5O2/c1-5-6-11-33-15-17(2)16-34-24-13-19(4)25(32-27(24)33)26(29)31-22-12-18(3)23(14-21(22)28)35-20-7-9-30-10-8-20/h7-9,12-14,17,30H,5-6,10-11,15-16H2,1-4H3,(H2,29,31). The van der Waals surface area contributed by atoms with Gasteiger partial charge in [0, 0.05) is 37.8 Å². The van der Waals surface area contributed by atoms with Gasteiger partial charge < -0.3 is 25.4 Å². The van der Waals surface area contributed by atoms with E-state index in [0.29, 0.717) is 36.3 Å². The molecule has 0 fully saturated rings. The number of allylic oxidation sites excluding steroid dienone is 1. The molecule has 8 heteroatoms. The summed E-state index contributed by atoms with van der Waals surface area (Å²) in [5.41, 5.74) is 8.65. The molecule has 35 heavy (non-hydrogen) atoms.